The van der Waals surface area contributed by atoms with Crippen molar-refractivity contribution in [3.8, 4) is 5.75 Å². The molecule has 3 saturated carbocycles. The van der Waals surface area contributed by atoms with Crippen molar-refractivity contribution in [3.05, 3.63) is 41.5 Å². The Balaban J connectivity index is 1.33. The number of hydrogen-bond acceptors (Lipinski definition) is 5. The van der Waals surface area contributed by atoms with Gasteiger partial charge in [-0.25, -0.2) is 0 Å². The Hall–Kier alpha value is -1.69. The van der Waals surface area contributed by atoms with Crippen LogP contribution in [0.15, 0.2) is 35.9 Å². The monoisotopic (exact) mass is 496 g/mol. The van der Waals surface area contributed by atoms with E-state index in [1.165, 1.54) is 5.57 Å². The molecule has 1 N–H and O–H groups in total. The SMILES string of the molecule is CCO[C@@]1(C(C)=O)CCC2C3CC=C4C[C@@](O)(OCc5ccc(OC)cc5)CC[C@]4(C)C3CC[C@@]21C. The first-order valence-corrected chi connectivity index (χ1v) is 13.9. The first-order chi connectivity index (χ1) is 17.1. The van der Waals surface area contributed by atoms with E-state index in [9.17, 15) is 9.90 Å². The summed E-state index contributed by atoms with van der Waals surface area (Å²) in [5, 5.41) is 11.4. The molecule has 3 fully saturated rings. The van der Waals surface area contributed by atoms with E-state index in [-0.39, 0.29) is 16.6 Å². The third-order valence-corrected chi connectivity index (χ3v) is 10.9. The van der Waals surface area contributed by atoms with Gasteiger partial charge in [-0.15, -0.1) is 0 Å². The quantitative estimate of drug-likeness (QED) is 0.358. The summed E-state index contributed by atoms with van der Waals surface area (Å²) in [5.41, 5.74) is 1.79. The molecule has 7 atom stereocenters. The first kappa shape index (κ1) is 25.9. The van der Waals surface area contributed by atoms with Crippen LogP contribution in [0, 0.1) is 28.6 Å². The average molecular weight is 497 g/mol. The van der Waals surface area contributed by atoms with Crippen molar-refractivity contribution in [1.29, 1.82) is 0 Å². The molecular formula is C31H44O5. The molecule has 0 bridgehead atoms. The summed E-state index contributed by atoms with van der Waals surface area (Å²) in [6.45, 7) is 9.50. The van der Waals surface area contributed by atoms with Crippen LogP contribution in [0.3, 0.4) is 0 Å². The van der Waals surface area contributed by atoms with Crippen LogP contribution < -0.4 is 4.74 Å². The molecule has 1 aromatic rings. The predicted molar refractivity (Wildman–Crippen MR) is 139 cm³/mol. The Morgan fingerprint density at radius 3 is 2.42 bits per heavy atom. The fraction of sp³-hybridized carbons (Fsp3) is 0.710. The molecule has 0 radical (unpaired) electrons. The van der Waals surface area contributed by atoms with Crippen molar-refractivity contribution >= 4 is 5.78 Å². The number of aliphatic hydroxyl groups is 1. The Bertz CT molecular complexity index is 1020. The first-order valence-electron chi connectivity index (χ1n) is 13.9. The van der Waals surface area contributed by atoms with E-state index >= 15 is 0 Å². The molecule has 0 amide bonds. The second-order valence-corrected chi connectivity index (χ2v) is 12.3. The molecule has 36 heavy (non-hydrogen) atoms. The van der Waals surface area contributed by atoms with Crippen molar-refractivity contribution < 1.29 is 24.1 Å². The molecule has 0 spiro atoms. The Morgan fingerprint density at radius 2 is 1.75 bits per heavy atom. The molecule has 5 rings (SSSR count). The van der Waals surface area contributed by atoms with Crippen LogP contribution in [0.2, 0.25) is 0 Å². The summed E-state index contributed by atoms with van der Waals surface area (Å²) in [6, 6.07) is 7.83. The van der Waals surface area contributed by atoms with Gasteiger partial charge in [-0.05, 0) is 93.2 Å². The minimum Gasteiger partial charge on any atom is -0.497 e. The smallest absolute Gasteiger partial charge is 0.169 e. The van der Waals surface area contributed by atoms with Gasteiger partial charge in [0.05, 0.1) is 13.7 Å². The minimum atomic E-state index is -1.12. The lowest BCUT2D eigenvalue weighted by Gasteiger charge is -2.60. The van der Waals surface area contributed by atoms with Crippen molar-refractivity contribution in [2.45, 2.75) is 97.1 Å². The van der Waals surface area contributed by atoms with Gasteiger partial charge >= 0.3 is 0 Å². The summed E-state index contributed by atoms with van der Waals surface area (Å²) in [7, 11) is 1.66. The molecule has 3 unspecified atom stereocenters. The summed E-state index contributed by atoms with van der Waals surface area (Å²) in [6.07, 6.45) is 9.72. The third-order valence-electron chi connectivity index (χ3n) is 10.9. The van der Waals surface area contributed by atoms with E-state index in [0.29, 0.717) is 43.8 Å². The van der Waals surface area contributed by atoms with Crippen molar-refractivity contribution in [2.24, 2.45) is 28.6 Å². The number of ether oxygens (including phenoxy) is 3. The molecule has 0 aliphatic heterocycles. The maximum atomic E-state index is 13.0. The lowest BCUT2D eigenvalue weighted by molar-refractivity contribution is -0.232. The highest BCUT2D eigenvalue weighted by Crippen LogP contribution is 2.68. The highest BCUT2D eigenvalue weighted by molar-refractivity contribution is 5.86. The standard InChI is InChI=1S/C31H44O5/c1-6-35-31(21(2)32)16-14-27-25-12-9-23-19-30(33,36-20-22-7-10-24(34-5)11-8-22)18-17-28(23,3)26(25)13-15-29(27,31)4/h7-11,25-27,33H,6,12-20H2,1-5H3/t25?,26?,27?,28-,29-,30-,31+/m0/s1. The summed E-state index contributed by atoms with van der Waals surface area (Å²) >= 11 is 0. The molecule has 4 aliphatic carbocycles. The van der Waals surface area contributed by atoms with E-state index in [1.54, 1.807) is 14.0 Å². The zero-order chi connectivity index (χ0) is 25.8. The molecule has 0 heterocycles. The molecule has 5 heteroatoms. The van der Waals surface area contributed by atoms with Crippen molar-refractivity contribution in [1.82, 2.24) is 0 Å². The summed E-state index contributed by atoms with van der Waals surface area (Å²) in [5.74, 6) is 1.58. The van der Waals surface area contributed by atoms with E-state index in [1.807, 2.05) is 31.2 Å². The number of benzene rings is 1. The number of Topliss-reactive ketones (excluding diaryl/α,β-unsaturated/α-hetero) is 1. The number of carbonyl (C=O) groups excluding carboxylic acids is 1. The maximum absolute atomic E-state index is 13.0. The zero-order valence-electron chi connectivity index (χ0n) is 22.8. The van der Waals surface area contributed by atoms with Crippen LogP contribution in [0.4, 0.5) is 0 Å². The molecular weight excluding hydrogens is 452 g/mol. The number of ketones is 1. The van der Waals surface area contributed by atoms with Gasteiger partial charge in [-0.1, -0.05) is 37.6 Å². The van der Waals surface area contributed by atoms with E-state index in [2.05, 4.69) is 19.9 Å². The number of methoxy groups -OCH3 is 1. The van der Waals surface area contributed by atoms with Crippen molar-refractivity contribution in [3.63, 3.8) is 0 Å². The lowest BCUT2D eigenvalue weighted by atomic mass is 9.46. The Kier molecular flexibility index (Phi) is 6.67. The van der Waals surface area contributed by atoms with Gasteiger partial charge in [0, 0.05) is 24.9 Å². The number of fused-ring (bicyclic) bond motifs is 5. The van der Waals surface area contributed by atoms with E-state index in [0.717, 1.165) is 49.8 Å². The van der Waals surface area contributed by atoms with Gasteiger partial charge in [0.2, 0.25) is 0 Å². The number of hydrogen-bond donors (Lipinski definition) is 1. The second-order valence-electron chi connectivity index (χ2n) is 12.3. The van der Waals surface area contributed by atoms with Crippen LogP contribution in [0.5, 0.6) is 5.75 Å². The number of allylic oxidation sites excluding steroid dienone is 1. The van der Waals surface area contributed by atoms with Gasteiger partial charge in [0.25, 0.3) is 0 Å². The van der Waals surface area contributed by atoms with Gasteiger partial charge in [-0.2, -0.15) is 0 Å². The maximum Gasteiger partial charge on any atom is 0.169 e. The van der Waals surface area contributed by atoms with E-state index in [4.69, 9.17) is 14.2 Å². The molecule has 0 aromatic heterocycles. The van der Waals surface area contributed by atoms with Crippen LogP contribution in [0.25, 0.3) is 0 Å². The van der Waals surface area contributed by atoms with E-state index < -0.39 is 11.4 Å². The normalized spacial score (nSPS) is 41.6. The molecule has 0 saturated heterocycles. The fourth-order valence-electron chi connectivity index (χ4n) is 8.84. The molecule has 198 valence electrons. The van der Waals surface area contributed by atoms with Crippen LogP contribution in [-0.2, 0) is 20.9 Å². The molecule has 4 aliphatic rings. The van der Waals surface area contributed by atoms with Gasteiger partial charge in [-0.3, -0.25) is 4.79 Å². The Morgan fingerprint density at radius 1 is 1.03 bits per heavy atom. The highest BCUT2D eigenvalue weighted by Gasteiger charge is 2.66. The topological polar surface area (TPSA) is 65.0 Å². The second kappa shape index (κ2) is 9.25. The third kappa shape index (κ3) is 3.88. The minimum absolute atomic E-state index is 0.0887. The number of carbonyl (C=O) groups is 1. The van der Waals surface area contributed by atoms with Crippen molar-refractivity contribution in [2.75, 3.05) is 13.7 Å². The van der Waals surface area contributed by atoms with Crippen LogP contribution in [-0.4, -0.2) is 36.0 Å². The Labute approximate surface area is 216 Å². The van der Waals surface area contributed by atoms with Gasteiger partial charge in [0.15, 0.2) is 11.6 Å². The molecule has 5 nitrogen and oxygen atoms in total. The summed E-state index contributed by atoms with van der Waals surface area (Å²) < 4.78 is 17.7. The predicted octanol–water partition coefficient (Wildman–Crippen LogP) is 6.23. The zero-order valence-corrected chi connectivity index (χ0v) is 22.8. The van der Waals surface area contributed by atoms with Crippen LogP contribution >= 0.6 is 0 Å². The molecule has 1 aromatic carbocycles. The lowest BCUT2D eigenvalue weighted by Crippen LogP contribution is -2.58. The largest absolute Gasteiger partial charge is 0.497 e. The summed E-state index contributed by atoms with van der Waals surface area (Å²) in [4.78, 5) is 13.0. The van der Waals surface area contributed by atoms with Crippen LogP contribution in [0.1, 0.15) is 84.6 Å². The highest BCUT2D eigenvalue weighted by atomic mass is 16.6. The fourth-order valence-corrected chi connectivity index (χ4v) is 8.84. The van der Waals surface area contributed by atoms with Gasteiger partial charge < -0.3 is 19.3 Å². The average Bonchev–Trinajstić information content (AvgIpc) is 3.17. The number of rotatable bonds is 7. The van der Waals surface area contributed by atoms with Gasteiger partial charge in [0.1, 0.15) is 11.4 Å².